The van der Waals surface area contributed by atoms with Crippen molar-refractivity contribution >= 4 is 11.5 Å². The molecule has 0 saturated carbocycles. The fourth-order valence-electron chi connectivity index (χ4n) is 1.45. The van der Waals surface area contributed by atoms with Gasteiger partial charge in [0.1, 0.15) is 6.10 Å². The predicted molar refractivity (Wildman–Crippen MR) is 55.2 cm³/mol. The van der Waals surface area contributed by atoms with E-state index in [2.05, 4.69) is 4.98 Å². The van der Waals surface area contributed by atoms with Gasteiger partial charge >= 0.3 is 5.69 Å². The summed E-state index contributed by atoms with van der Waals surface area (Å²) in [6, 6.07) is 2.72. The fraction of sp³-hybridized carbons (Fsp3) is 0.444. The summed E-state index contributed by atoms with van der Waals surface area (Å²) in [5, 5.41) is 10.5. The minimum Gasteiger partial charge on any atom is -0.472 e. The van der Waals surface area contributed by atoms with Gasteiger partial charge < -0.3 is 15.2 Å². The second kappa shape index (κ2) is 4.31. The SMILES string of the molecule is Nc1nc(OC2CCOC2)ccc1[N+](=O)[O-]. The monoisotopic (exact) mass is 225 g/mol. The van der Waals surface area contributed by atoms with Crippen LogP contribution in [0.25, 0.3) is 0 Å². The van der Waals surface area contributed by atoms with E-state index in [1.807, 2.05) is 0 Å². The van der Waals surface area contributed by atoms with Gasteiger partial charge in [-0.25, -0.2) is 0 Å². The van der Waals surface area contributed by atoms with Gasteiger partial charge in [-0.3, -0.25) is 10.1 Å². The Morgan fingerprint density at radius 3 is 3.00 bits per heavy atom. The molecular formula is C9H11N3O4. The number of aromatic nitrogens is 1. The first-order valence-corrected chi connectivity index (χ1v) is 4.82. The van der Waals surface area contributed by atoms with Crippen LogP contribution in [0, 0.1) is 10.1 Å². The summed E-state index contributed by atoms with van der Waals surface area (Å²) in [7, 11) is 0. The van der Waals surface area contributed by atoms with Gasteiger partial charge in [-0.2, -0.15) is 4.98 Å². The van der Waals surface area contributed by atoms with Crippen LogP contribution in [-0.2, 0) is 4.74 Å². The summed E-state index contributed by atoms with van der Waals surface area (Å²) in [4.78, 5) is 13.7. The molecule has 1 fully saturated rings. The van der Waals surface area contributed by atoms with E-state index in [0.717, 1.165) is 6.42 Å². The molecule has 2 N–H and O–H groups in total. The van der Waals surface area contributed by atoms with E-state index < -0.39 is 4.92 Å². The molecule has 16 heavy (non-hydrogen) atoms. The molecular weight excluding hydrogens is 214 g/mol. The van der Waals surface area contributed by atoms with E-state index in [0.29, 0.717) is 19.1 Å². The Morgan fingerprint density at radius 1 is 1.62 bits per heavy atom. The standard InChI is InChI=1S/C9H11N3O4/c10-9-7(12(13)14)1-2-8(11-9)16-6-3-4-15-5-6/h1-2,6H,3-5H2,(H2,10,11). The van der Waals surface area contributed by atoms with E-state index >= 15 is 0 Å². The number of rotatable bonds is 3. The molecule has 1 aliphatic rings. The lowest BCUT2D eigenvalue weighted by Crippen LogP contribution is -2.16. The van der Waals surface area contributed by atoms with Gasteiger partial charge in [0.15, 0.2) is 0 Å². The van der Waals surface area contributed by atoms with E-state index in [1.54, 1.807) is 0 Å². The Kier molecular flexibility index (Phi) is 2.86. The normalized spacial score (nSPS) is 19.6. The Hall–Kier alpha value is -1.89. The predicted octanol–water partition coefficient (Wildman–Crippen LogP) is 0.740. The summed E-state index contributed by atoms with van der Waals surface area (Å²) >= 11 is 0. The first-order chi connectivity index (χ1) is 7.66. The molecule has 7 heteroatoms. The molecule has 2 rings (SSSR count). The highest BCUT2D eigenvalue weighted by atomic mass is 16.6. The highest BCUT2D eigenvalue weighted by Gasteiger charge is 2.19. The quantitative estimate of drug-likeness (QED) is 0.601. The van der Waals surface area contributed by atoms with Crippen LogP contribution in [0.5, 0.6) is 5.88 Å². The van der Waals surface area contributed by atoms with Gasteiger partial charge in [-0.05, 0) is 0 Å². The Bertz CT molecular complexity index is 404. The largest absolute Gasteiger partial charge is 0.472 e. The average molecular weight is 225 g/mol. The summed E-state index contributed by atoms with van der Waals surface area (Å²) in [6.07, 6.45) is 0.742. The summed E-state index contributed by atoms with van der Waals surface area (Å²) < 4.78 is 10.6. The van der Waals surface area contributed by atoms with Gasteiger partial charge in [0.05, 0.1) is 18.1 Å². The summed E-state index contributed by atoms with van der Waals surface area (Å²) in [6.45, 7) is 1.17. The fourth-order valence-corrected chi connectivity index (χ4v) is 1.45. The highest BCUT2D eigenvalue weighted by molar-refractivity contribution is 5.53. The van der Waals surface area contributed by atoms with Crippen molar-refractivity contribution in [1.82, 2.24) is 4.98 Å². The van der Waals surface area contributed by atoms with Gasteiger partial charge in [0, 0.05) is 18.6 Å². The maximum absolute atomic E-state index is 10.5. The van der Waals surface area contributed by atoms with Gasteiger partial charge in [-0.1, -0.05) is 0 Å². The van der Waals surface area contributed by atoms with Crippen LogP contribution in [0.1, 0.15) is 6.42 Å². The van der Waals surface area contributed by atoms with Crippen molar-refractivity contribution in [2.45, 2.75) is 12.5 Å². The third-order valence-corrected chi connectivity index (χ3v) is 2.25. The van der Waals surface area contributed by atoms with Crippen LogP contribution in [0.4, 0.5) is 11.5 Å². The van der Waals surface area contributed by atoms with E-state index in [-0.39, 0.29) is 17.6 Å². The topological polar surface area (TPSA) is 101 Å². The molecule has 0 aromatic carbocycles. The summed E-state index contributed by atoms with van der Waals surface area (Å²) in [5.41, 5.74) is 5.22. The molecule has 86 valence electrons. The Labute approximate surface area is 91.3 Å². The number of anilines is 1. The van der Waals surface area contributed by atoms with Crippen molar-refractivity contribution in [1.29, 1.82) is 0 Å². The molecule has 1 unspecified atom stereocenters. The molecule has 1 aromatic heterocycles. The smallest absolute Gasteiger partial charge is 0.311 e. The number of nitro groups is 1. The van der Waals surface area contributed by atoms with Crippen LogP contribution in [-0.4, -0.2) is 29.2 Å². The van der Waals surface area contributed by atoms with Crippen molar-refractivity contribution in [3.05, 3.63) is 22.2 Å². The van der Waals surface area contributed by atoms with Crippen LogP contribution in [0.2, 0.25) is 0 Å². The van der Waals surface area contributed by atoms with Crippen LogP contribution in [0.15, 0.2) is 12.1 Å². The molecule has 7 nitrogen and oxygen atoms in total. The third-order valence-electron chi connectivity index (χ3n) is 2.25. The number of nitrogens with zero attached hydrogens (tertiary/aromatic N) is 2. The lowest BCUT2D eigenvalue weighted by Gasteiger charge is -2.10. The van der Waals surface area contributed by atoms with Gasteiger partial charge in [0.25, 0.3) is 0 Å². The minimum absolute atomic E-state index is 0.0478. The van der Waals surface area contributed by atoms with Crippen molar-refractivity contribution in [3.63, 3.8) is 0 Å². The van der Waals surface area contributed by atoms with E-state index in [4.69, 9.17) is 15.2 Å². The Morgan fingerprint density at radius 2 is 2.44 bits per heavy atom. The van der Waals surface area contributed by atoms with E-state index in [1.165, 1.54) is 12.1 Å². The Balaban J connectivity index is 2.11. The molecule has 1 saturated heterocycles. The maximum Gasteiger partial charge on any atom is 0.311 e. The number of nitrogens with two attached hydrogens (primary N) is 1. The second-order valence-electron chi connectivity index (χ2n) is 3.41. The average Bonchev–Trinajstić information content (AvgIpc) is 2.70. The lowest BCUT2D eigenvalue weighted by atomic mass is 10.3. The zero-order chi connectivity index (χ0) is 11.5. The molecule has 0 bridgehead atoms. The first kappa shape index (κ1) is 10.6. The third kappa shape index (κ3) is 2.19. The van der Waals surface area contributed by atoms with Crippen LogP contribution >= 0.6 is 0 Å². The maximum atomic E-state index is 10.5. The number of hydrogen-bond donors (Lipinski definition) is 1. The number of hydrogen-bond acceptors (Lipinski definition) is 6. The highest BCUT2D eigenvalue weighted by Crippen LogP contribution is 2.23. The zero-order valence-electron chi connectivity index (χ0n) is 8.46. The second-order valence-corrected chi connectivity index (χ2v) is 3.41. The van der Waals surface area contributed by atoms with Crippen molar-refractivity contribution in [3.8, 4) is 5.88 Å². The van der Waals surface area contributed by atoms with Gasteiger partial charge in [0.2, 0.25) is 11.7 Å². The van der Waals surface area contributed by atoms with Crippen molar-refractivity contribution in [2.75, 3.05) is 18.9 Å². The molecule has 0 radical (unpaired) electrons. The first-order valence-electron chi connectivity index (χ1n) is 4.82. The van der Waals surface area contributed by atoms with E-state index in [9.17, 15) is 10.1 Å². The minimum atomic E-state index is -0.579. The molecule has 0 aliphatic carbocycles. The number of nitrogen functional groups attached to an aromatic ring is 1. The molecule has 1 atom stereocenters. The summed E-state index contributed by atoms with van der Waals surface area (Å²) in [5.74, 6) is 0.153. The lowest BCUT2D eigenvalue weighted by molar-refractivity contribution is -0.384. The number of pyridine rings is 1. The van der Waals surface area contributed by atoms with Crippen molar-refractivity contribution < 1.29 is 14.4 Å². The number of ether oxygens (including phenoxy) is 2. The molecule has 1 aliphatic heterocycles. The van der Waals surface area contributed by atoms with Crippen LogP contribution < -0.4 is 10.5 Å². The molecule has 0 amide bonds. The molecule has 1 aromatic rings. The zero-order valence-corrected chi connectivity index (χ0v) is 8.46. The van der Waals surface area contributed by atoms with Crippen LogP contribution in [0.3, 0.4) is 0 Å². The van der Waals surface area contributed by atoms with Gasteiger partial charge in [-0.15, -0.1) is 0 Å². The molecule has 0 spiro atoms. The van der Waals surface area contributed by atoms with Crippen molar-refractivity contribution in [2.24, 2.45) is 0 Å². The molecule has 2 heterocycles.